The average Bonchev–Trinajstić information content (AvgIpc) is 2.36. The zero-order valence-electron chi connectivity index (χ0n) is 10.1. The van der Waals surface area contributed by atoms with E-state index in [1.165, 1.54) is 38.5 Å². The first-order valence-electron chi connectivity index (χ1n) is 5.18. The molecule has 18 heavy (non-hydrogen) atoms. The van der Waals surface area contributed by atoms with Crippen LogP contribution in [-0.4, -0.2) is 26.2 Å². The molecule has 0 unspecified atom stereocenters. The fourth-order valence-electron chi connectivity index (χ4n) is 1.34. The molecule has 0 aliphatic carbocycles. The number of carbonyl (C=O) groups is 2. The van der Waals surface area contributed by atoms with Crippen molar-refractivity contribution in [2.75, 3.05) is 14.2 Å². The molecule has 5 heteroatoms. The van der Waals surface area contributed by atoms with E-state index in [0.29, 0.717) is 5.56 Å². The molecule has 0 fully saturated rings. The van der Waals surface area contributed by atoms with Gasteiger partial charge in [-0.1, -0.05) is 12.1 Å². The maximum absolute atomic E-state index is 13.0. The Bertz CT molecular complexity index is 480. The molecule has 1 rings (SSSR count). The van der Waals surface area contributed by atoms with Crippen LogP contribution in [0.25, 0.3) is 6.08 Å². The van der Waals surface area contributed by atoms with Gasteiger partial charge in [-0.15, -0.1) is 0 Å². The van der Waals surface area contributed by atoms with Crippen LogP contribution >= 0.6 is 0 Å². The van der Waals surface area contributed by atoms with Crippen molar-refractivity contribution in [2.45, 2.75) is 6.42 Å². The summed E-state index contributed by atoms with van der Waals surface area (Å²) in [5, 5.41) is 0. The molecule has 0 heterocycles. The van der Waals surface area contributed by atoms with Gasteiger partial charge in [-0.2, -0.15) is 0 Å². The number of rotatable bonds is 4. The van der Waals surface area contributed by atoms with Crippen LogP contribution < -0.4 is 0 Å². The van der Waals surface area contributed by atoms with Crippen molar-refractivity contribution in [1.82, 2.24) is 0 Å². The molecule has 0 aromatic heterocycles. The summed E-state index contributed by atoms with van der Waals surface area (Å²) in [6, 6.07) is 5.66. The molecule has 0 radical (unpaired) electrons. The Morgan fingerprint density at radius 3 is 2.56 bits per heavy atom. The van der Waals surface area contributed by atoms with E-state index in [2.05, 4.69) is 9.47 Å². The van der Waals surface area contributed by atoms with Gasteiger partial charge in [0.2, 0.25) is 0 Å². The molecule has 96 valence electrons. The van der Waals surface area contributed by atoms with Gasteiger partial charge in [0.25, 0.3) is 0 Å². The number of hydrogen-bond donors (Lipinski definition) is 0. The molecule has 1 aromatic rings. The molecule has 0 bridgehead atoms. The minimum Gasteiger partial charge on any atom is -0.469 e. The SMILES string of the molecule is COC(=O)CC(=Cc1cccc(F)c1)C(=O)OC. The van der Waals surface area contributed by atoms with Gasteiger partial charge in [-0.3, -0.25) is 4.79 Å². The Balaban J connectivity index is 3.02. The van der Waals surface area contributed by atoms with Gasteiger partial charge in [0.1, 0.15) is 5.82 Å². The lowest BCUT2D eigenvalue weighted by atomic mass is 10.1. The lowest BCUT2D eigenvalue weighted by Gasteiger charge is -2.04. The molecular formula is C13H13FO4. The van der Waals surface area contributed by atoms with Crippen LogP contribution in [0.5, 0.6) is 0 Å². The maximum Gasteiger partial charge on any atom is 0.334 e. The second-order valence-corrected chi connectivity index (χ2v) is 3.47. The highest BCUT2D eigenvalue weighted by molar-refractivity contribution is 5.98. The van der Waals surface area contributed by atoms with Gasteiger partial charge in [0.15, 0.2) is 0 Å². The monoisotopic (exact) mass is 252 g/mol. The van der Waals surface area contributed by atoms with Gasteiger partial charge >= 0.3 is 11.9 Å². The molecule has 0 saturated heterocycles. The Morgan fingerprint density at radius 2 is 2.00 bits per heavy atom. The van der Waals surface area contributed by atoms with Crippen molar-refractivity contribution in [3.8, 4) is 0 Å². The van der Waals surface area contributed by atoms with Gasteiger partial charge < -0.3 is 9.47 Å². The lowest BCUT2D eigenvalue weighted by molar-refractivity contribution is -0.143. The summed E-state index contributed by atoms with van der Waals surface area (Å²) in [6.07, 6.45) is 1.17. The Morgan fingerprint density at radius 1 is 1.28 bits per heavy atom. The van der Waals surface area contributed by atoms with E-state index in [0.717, 1.165) is 0 Å². The molecule has 0 aliphatic rings. The first-order valence-corrected chi connectivity index (χ1v) is 5.18. The molecule has 1 aromatic carbocycles. The maximum atomic E-state index is 13.0. The van der Waals surface area contributed by atoms with Crippen LogP contribution in [-0.2, 0) is 19.1 Å². The van der Waals surface area contributed by atoms with Crippen LogP contribution in [0, 0.1) is 5.82 Å². The number of hydrogen-bond acceptors (Lipinski definition) is 4. The van der Waals surface area contributed by atoms with Gasteiger partial charge in [-0.25, -0.2) is 9.18 Å². The molecule has 0 amide bonds. The van der Waals surface area contributed by atoms with E-state index in [-0.39, 0.29) is 12.0 Å². The van der Waals surface area contributed by atoms with Crippen molar-refractivity contribution < 1.29 is 23.5 Å². The van der Waals surface area contributed by atoms with E-state index in [9.17, 15) is 14.0 Å². The molecule has 4 nitrogen and oxygen atoms in total. The third kappa shape index (κ3) is 4.01. The third-order valence-corrected chi connectivity index (χ3v) is 2.20. The Hall–Kier alpha value is -2.17. The van der Waals surface area contributed by atoms with Crippen molar-refractivity contribution in [3.63, 3.8) is 0 Å². The van der Waals surface area contributed by atoms with E-state index >= 15 is 0 Å². The fraction of sp³-hybridized carbons (Fsp3) is 0.231. The third-order valence-electron chi connectivity index (χ3n) is 2.20. The fourth-order valence-corrected chi connectivity index (χ4v) is 1.34. The first kappa shape index (κ1) is 13.9. The summed E-state index contributed by atoms with van der Waals surface area (Å²) in [6.45, 7) is 0. The number of methoxy groups -OCH3 is 2. The van der Waals surface area contributed by atoms with Crippen molar-refractivity contribution in [2.24, 2.45) is 0 Å². The highest BCUT2D eigenvalue weighted by Gasteiger charge is 2.14. The minimum atomic E-state index is -0.648. The highest BCUT2D eigenvalue weighted by atomic mass is 19.1. The number of halogens is 1. The van der Waals surface area contributed by atoms with Crippen LogP contribution in [0.15, 0.2) is 29.8 Å². The Labute approximate surface area is 104 Å². The van der Waals surface area contributed by atoms with Crippen LogP contribution in [0.3, 0.4) is 0 Å². The predicted molar refractivity (Wildman–Crippen MR) is 63.0 cm³/mol. The molecule has 0 N–H and O–H groups in total. The largest absolute Gasteiger partial charge is 0.469 e. The van der Waals surface area contributed by atoms with Gasteiger partial charge in [0.05, 0.1) is 20.6 Å². The normalized spacial score (nSPS) is 10.9. The number of benzene rings is 1. The van der Waals surface area contributed by atoms with Crippen molar-refractivity contribution in [1.29, 1.82) is 0 Å². The van der Waals surface area contributed by atoms with Crippen LogP contribution in [0.2, 0.25) is 0 Å². The second-order valence-electron chi connectivity index (χ2n) is 3.47. The van der Waals surface area contributed by atoms with Crippen LogP contribution in [0.1, 0.15) is 12.0 Å². The van der Waals surface area contributed by atoms with Gasteiger partial charge in [-0.05, 0) is 23.8 Å². The van der Waals surface area contributed by atoms with E-state index in [1.54, 1.807) is 6.07 Å². The smallest absolute Gasteiger partial charge is 0.334 e. The minimum absolute atomic E-state index is 0.106. The molecule has 0 saturated carbocycles. The molecular weight excluding hydrogens is 239 g/mol. The average molecular weight is 252 g/mol. The molecule has 0 aliphatic heterocycles. The summed E-state index contributed by atoms with van der Waals surface area (Å²) < 4.78 is 22.0. The quantitative estimate of drug-likeness (QED) is 0.607. The summed E-state index contributed by atoms with van der Waals surface area (Å²) in [5.41, 5.74) is 0.578. The van der Waals surface area contributed by atoms with Crippen LogP contribution in [0.4, 0.5) is 4.39 Å². The lowest BCUT2D eigenvalue weighted by Crippen LogP contribution is -2.10. The second kappa shape index (κ2) is 6.54. The van der Waals surface area contributed by atoms with E-state index in [4.69, 9.17) is 0 Å². The highest BCUT2D eigenvalue weighted by Crippen LogP contribution is 2.13. The van der Waals surface area contributed by atoms with Crippen molar-refractivity contribution >= 4 is 18.0 Å². The molecule has 0 atom stereocenters. The molecule has 0 spiro atoms. The topological polar surface area (TPSA) is 52.6 Å². The predicted octanol–water partition coefficient (Wildman–Crippen LogP) is 1.95. The zero-order valence-corrected chi connectivity index (χ0v) is 10.1. The van der Waals surface area contributed by atoms with E-state index in [1.807, 2.05) is 0 Å². The Kier molecular flexibility index (Phi) is 5.05. The van der Waals surface area contributed by atoms with Gasteiger partial charge in [0, 0.05) is 5.57 Å². The zero-order chi connectivity index (χ0) is 13.5. The van der Waals surface area contributed by atoms with E-state index < -0.39 is 17.8 Å². The first-order chi connectivity index (χ1) is 8.56. The number of esters is 2. The standard InChI is InChI=1S/C13H13FO4/c1-17-12(15)8-10(13(16)18-2)6-9-4-3-5-11(14)7-9/h3-7H,8H2,1-2H3. The van der Waals surface area contributed by atoms with Crippen molar-refractivity contribution in [3.05, 3.63) is 41.2 Å². The number of carbonyl (C=O) groups excluding carboxylic acids is 2. The number of ether oxygens (including phenoxy) is 2. The summed E-state index contributed by atoms with van der Waals surface area (Å²) in [5.74, 6) is -1.64. The summed E-state index contributed by atoms with van der Waals surface area (Å²) in [7, 11) is 2.43. The summed E-state index contributed by atoms with van der Waals surface area (Å²) in [4.78, 5) is 22.6. The summed E-state index contributed by atoms with van der Waals surface area (Å²) >= 11 is 0.